The van der Waals surface area contributed by atoms with E-state index in [9.17, 15) is 9.59 Å². The zero-order valence-corrected chi connectivity index (χ0v) is 15.6. The fourth-order valence-corrected chi connectivity index (χ4v) is 2.93. The zero-order chi connectivity index (χ0) is 18.0. The molecule has 126 valence electrons. The first-order chi connectivity index (χ1) is 12.0. The largest absolute Gasteiger partial charge is 0.497 e. The highest BCUT2D eigenvalue weighted by Gasteiger charge is 2.34. The molecule has 1 heterocycles. The van der Waals surface area contributed by atoms with Crippen molar-refractivity contribution in [3.63, 3.8) is 0 Å². The SMILES string of the molecule is COc1cccc(/C=C2\C(=O)NC(=S)N(c3ccc(Br)cc3)C2=O)c1. The molecule has 0 bridgehead atoms. The summed E-state index contributed by atoms with van der Waals surface area (Å²) in [6, 6.07) is 14.2. The fraction of sp³-hybridized carbons (Fsp3) is 0.0556. The highest BCUT2D eigenvalue weighted by molar-refractivity contribution is 9.10. The standard InChI is InChI=1S/C18H13BrN2O3S/c1-24-14-4-2-3-11(9-14)10-15-16(22)20-18(25)21(17(15)23)13-7-5-12(19)6-8-13/h2-10H,1H3,(H,20,22,25)/b15-10+. The van der Waals surface area contributed by atoms with Gasteiger partial charge in [0.2, 0.25) is 0 Å². The number of hydrogen-bond donors (Lipinski definition) is 1. The molecule has 0 radical (unpaired) electrons. The topological polar surface area (TPSA) is 58.6 Å². The minimum absolute atomic E-state index is 0.00442. The average Bonchev–Trinajstić information content (AvgIpc) is 2.60. The lowest BCUT2D eigenvalue weighted by Gasteiger charge is -2.29. The lowest BCUT2D eigenvalue weighted by Crippen LogP contribution is -2.54. The molecule has 1 aliphatic rings. The number of hydrogen-bond acceptors (Lipinski definition) is 4. The molecule has 0 aliphatic carbocycles. The van der Waals surface area contributed by atoms with Crippen molar-refractivity contribution in [3.8, 4) is 5.75 Å². The van der Waals surface area contributed by atoms with E-state index in [0.717, 1.165) is 4.47 Å². The Hall–Kier alpha value is -2.51. The molecule has 7 heteroatoms. The summed E-state index contributed by atoms with van der Waals surface area (Å²) in [5.74, 6) is -0.358. The maximum Gasteiger partial charge on any atom is 0.270 e. The van der Waals surface area contributed by atoms with Crippen LogP contribution in [0.5, 0.6) is 5.75 Å². The van der Waals surface area contributed by atoms with Gasteiger partial charge in [0.1, 0.15) is 11.3 Å². The number of carbonyl (C=O) groups is 2. The van der Waals surface area contributed by atoms with Gasteiger partial charge in [-0.3, -0.25) is 19.8 Å². The molecular formula is C18H13BrN2O3S. The molecule has 1 fully saturated rings. The Morgan fingerprint density at radius 3 is 2.56 bits per heavy atom. The summed E-state index contributed by atoms with van der Waals surface area (Å²) < 4.78 is 6.04. The molecule has 1 aliphatic heterocycles. The van der Waals surface area contributed by atoms with Crippen LogP contribution in [-0.4, -0.2) is 24.0 Å². The summed E-state index contributed by atoms with van der Waals surface area (Å²) in [6.07, 6.45) is 1.52. The van der Waals surface area contributed by atoms with Crippen LogP contribution in [0.15, 0.2) is 58.6 Å². The Bertz CT molecular complexity index is 893. The fourth-order valence-electron chi connectivity index (χ4n) is 2.38. The van der Waals surface area contributed by atoms with Crippen LogP contribution in [0.25, 0.3) is 6.08 Å². The van der Waals surface area contributed by atoms with Gasteiger partial charge in [0.25, 0.3) is 11.8 Å². The van der Waals surface area contributed by atoms with E-state index < -0.39 is 11.8 Å². The summed E-state index contributed by atoms with van der Waals surface area (Å²) in [6.45, 7) is 0. The number of carbonyl (C=O) groups excluding carboxylic acids is 2. The third-order valence-corrected chi connectivity index (χ3v) is 4.40. The van der Waals surface area contributed by atoms with Crippen LogP contribution in [0.3, 0.4) is 0 Å². The van der Waals surface area contributed by atoms with Crippen molar-refractivity contribution in [2.75, 3.05) is 12.0 Å². The first-order valence-corrected chi connectivity index (χ1v) is 8.51. The predicted molar refractivity (Wildman–Crippen MR) is 103 cm³/mol. The van der Waals surface area contributed by atoms with Crippen molar-refractivity contribution in [2.24, 2.45) is 0 Å². The predicted octanol–water partition coefficient (Wildman–Crippen LogP) is 3.29. The second kappa shape index (κ2) is 7.16. The molecule has 0 atom stereocenters. The maximum atomic E-state index is 12.9. The zero-order valence-electron chi connectivity index (χ0n) is 13.2. The van der Waals surface area contributed by atoms with E-state index in [-0.39, 0.29) is 10.7 Å². The molecule has 3 rings (SSSR count). The van der Waals surface area contributed by atoms with Crippen molar-refractivity contribution < 1.29 is 14.3 Å². The molecule has 1 N–H and O–H groups in total. The molecular weight excluding hydrogens is 404 g/mol. The summed E-state index contributed by atoms with van der Waals surface area (Å²) in [4.78, 5) is 26.4. The second-order valence-corrected chi connectivity index (χ2v) is 6.51. The molecule has 2 aromatic rings. The van der Waals surface area contributed by atoms with Crippen LogP contribution < -0.4 is 15.0 Å². The molecule has 0 unspecified atom stereocenters. The lowest BCUT2D eigenvalue weighted by atomic mass is 10.1. The summed E-state index contributed by atoms with van der Waals surface area (Å²) in [5, 5.41) is 2.61. The minimum atomic E-state index is -0.522. The molecule has 0 saturated carbocycles. The number of methoxy groups -OCH3 is 1. The normalized spacial score (nSPS) is 16.2. The van der Waals surface area contributed by atoms with Gasteiger partial charge in [-0.1, -0.05) is 28.1 Å². The van der Waals surface area contributed by atoms with Crippen molar-refractivity contribution in [2.45, 2.75) is 0 Å². The van der Waals surface area contributed by atoms with Gasteiger partial charge in [0.05, 0.1) is 12.8 Å². The first-order valence-electron chi connectivity index (χ1n) is 7.30. The summed E-state index contributed by atoms with van der Waals surface area (Å²) in [7, 11) is 1.55. The monoisotopic (exact) mass is 416 g/mol. The number of ether oxygens (including phenoxy) is 1. The highest BCUT2D eigenvalue weighted by atomic mass is 79.9. The Morgan fingerprint density at radius 2 is 1.88 bits per heavy atom. The minimum Gasteiger partial charge on any atom is -0.497 e. The number of amides is 2. The summed E-state index contributed by atoms with van der Waals surface area (Å²) in [5.41, 5.74) is 1.26. The number of anilines is 1. The quantitative estimate of drug-likeness (QED) is 0.473. The van der Waals surface area contributed by atoms with Gasteiger partial charge < -0.3 is 4.74 Å². The van der Waals surface area contributed by atoms with Gasteiger partial charge in [-0.05, 0) is 60.3 Å². The van der Waals surface area contributed by atoms with Crippen LogP contribution in [0.2, 0.25) is 0 Å². The van der Waals surface area contributed by atoms with E-state index in [1.165, 1.54) is 11.0 Å². The van der Waals surface area contributed by atoms with Crippen LogP contribution in [-0.2, 0) is 9.59 Å². The van der Waals surface area contributed by atoms with E-state index in [2.05, 4.69) is 21.2 Å². The van der Waals surface area contributed by atoms with Crippen molar-refractivity contribution in [3.05, 3.63) is 64.1 Å². The van der Waals surface area contributed by atoms with E-state index in [0.29, 0.717) is 17.0 Å². The van der Waals surface area contributed by atoms with E-state index >= 15 is 0 Å². The summed E-state index contributed by atoms with van der Waals surface area (Å²) >= 11 is 8.52. The highest BCUT2D eigenvalue weighted by Crippen LogP contribution is 2.24. The molecule has 5 nitrogen and oxygen atoms in total. The Labute approximate surface area is 158 Å². The van der Waals surface area contributed by atoms with Crippen molar-refractivity contribution in [1.82, 2.24) is 5.32 Å². The van der Waals surface area contributed by atoms with E-state index in [1.54, 1.807) is 55.6 Å². The maximum absolute atomic E-state index is 12.9. The number of thiocarbonyl (C=S) groups is 1. The number of halogens is 1. The van der Waals surface area contributed by atoms with Gasteiger partial charge in [0, 0.05) is 4.47 Å². The van der Waals surface area contributed by atoms with Gasteiger partial charge in [0.15, 0.2) is 5.11 Å². The molecule has 0 spiro atoms. The Kier molecular flexibility index (Phi) is 4.96. The van der Waals surface area contributed by atoms with Crippen LogP contribution in [0.1, 0.15) is 5.56 Å². The van der Waals surface area contributed by atoms with Gasteiger partial charge in [-0.2, -0.15) is 0 Å². The molecule has 2 amide bonds. The molecule has 1 saturated heterocycles. The molecule has 0 aromatic heterocycles. The third kappa shape index (κ3) is 3.62. The average molecular weight is 417 g/mol. The van der Waals surface area contributed by atoms with Crippen LogP contribution >= 0.6 is 28.1 Å². The number of benzene rings is 2. The number of nitrogens with zero attached hydrogens (tertiary/aromatic N) is 1. The van der Waals surface area contributed by atoms with Crippen LogP contribution in [0.4, 0.5) is 5.69 Å². The second-order valence-electron chi connectivity index (χ2n) is 5.21. The lowest BCUT2D eigenvalue weighted by molar-refractivity contribution is -0.122. The Morgan fingerprint density at radius 1 is 1.16 bits per heavy atom. The van der Waals surface area contributed by atoms with E-state index in [1.807, 2.05) is 0 Å². The third-order valence-electron chi connectivity index (χ3n) is 3.59. The van der Waals surface area contributed by atoms with Gasteiger partial charge in [-0.25, -0.2) is 0 Å². The van der Waals surface area contributed by atoms with Crippen molar-refractivity contribution in [1.29, 1.82) is 0 Å². The smallest absolute Gasteiger partial charge is 0.270 e. The molecule has 25 heavy (non-hydrogen) atoms. The van der Waals surface area contributed by atoms with Crippen LogP contribution in [0, 0.1) is 0 Å². The molecule has 2 aromatic carbocycles. The van der Waals surface area contributed by atoms with Gasteiger partial charge >= 0.3 is 0 Å². The van der Waals surface area contributed by atoms with E-state index in [4.69, 9.17) is 17.0 Å². The van der Waals surface area contributed by atoms with Gasteiger partial charge in [-0.15, -0.1) is 0 Å². The number of rotatable bonds is 3. The Balaban J connectivity index is 2.00. The first kappa shape index (κ1) is 17.3. The van der Waals surface area contributed by atoms with Crippen molar-refractivity contribution >= 4 is 56.8 Å². The number of nitrogens with one attached hydrogen (secondary N) is 1.